The van der Waals surface area contributed by atoms with Crippen molar-refractivity contribution in [1.82, 2.24) is 0 Å². The lowest BCUT2D eigenvalue weighted by Crippen LogP contribution is -2.59. The lowest BCUT2D eigenvalue weighted by atomic mass is 9.92. The molecule has 4 aliphatic heterocycles. The van der Waals surface area contributed by atoms with Crippen molar-refractivity contribution < 1.29 is 121 Å². The molecule has 2 aromatic carbocycles. The first kappa shape index (κ1) is 105. The van der Waals surface area contributed by atoms with Gasteiger partial charge in [-0.15, -0.1) is 0 Å². The Morgan fingerprint density at radius 1 is 0.606 bits per heavy atom. The zero-order valence-electron chi connectivity index (χ0n) is 68.7. The third-order valence-corrected chi connectivity index (χ3v) is 32.9. The first-order valence-corrected chi connectivity index (χ1v) is 44.6. The highest BCUT2D eigenvalue weighted by Crippen LogP contribution is 2.47. The molecule has 6 aliphatic rings. The zero-order chi connectivity index (χ0) is 85.3. The van der Waals surface area contributed by atoms with Gasteiger partial charge in [-0.1, -0.05) is 111 Å². The lowest BCUT2D eigenvalue weighted by molar-refractivity contribution is -0.563. The van der Waals surface area contributed by atoms with Crippen LogP contribution in [0.15, 0.2) is 58.5 Å². The average molecular weight is 1610 g/mol. The minimum atomic E-state index is -1.96. The average Bonchev–Trinajstić information content (AvgIpc) is 1.59. The smallest absolute Gasteiger partial charge is 0.334 e. The topological polar surface area (TPSA) is 464 Å². The summed E-state index contributed by atoms with van der Waals surface area (Å²) in [4.78, 5) is 87.5. The molecule has 16 atom stereocenters. The number of aldehydes is 3. The van der Waals surface area contributed by atoms with Crippen molar-refractivity contribution in [1.29, 1.82) is 0 Å². The van der Waals surface area contributed by atoms with Gasteiger partial charge in [0, 0.05) is 40.8 Å². The minimum absolute atomic E-state index is 0.0373. The fourth-order valence-corrected chi connectivity index (χ4v) is 13.8. The highest BCUT2D eigenvalue weighted by molar-refractivity contribution is 6.75. The van der Waals surface area contributed by atoms with E-state index < -0.39 is 131 Å². The Balaban J connectivity index is 0. The molecule has 0 amide bonds. The lowest BCUT2D eigenvalue weighted by Gasteiger charge is -2.39. The summed E-state index contributed by atoms with van der Waals surface area (Å²) in [5, 5.41) is 93.1. The number of nitrogens with zero attached hydrogens (tertiary/aromatic N) is 5. The van der Waals surface area contributed by atoms with Crippen LogP contribution in [0, 0.1) is 35.8 Å². The molecule has 7 N–H and O–H groups in total. The highest BCUT2D eigenvalue weighted by Gasteiger charge is 2.52. The number of benzene rings is 2. The van der Waals surface area contributed by atoms with Crippen LogP contribution < -0.4 is 0 Å². The molecule has 0 saturated carbocycles. The molecule has 8 rings (SSSR count). The van der Waals surface area contributed by atoms with Gasteiger partial charge in [-0.2, -0.15) is 0 Å². The Hall–Kier alpha value is -6.37. The van der Waals surface area contributed by atoms with E-state index in [0.29, 0.717) is 7.18 Å². The molecule has 4 heterocycles. The molecule has 626 valence electrons. The molecule has 2 aliphatic carbocycles. The molecule has 2 aromatic rings. The Kier molecular flexibility index (Phi) is 46.0. The molecule has 0 radical (unpaired) electrons. The van der Waals surface area contributed by atoms with Crippen molar-refractivity contribution in [3.8, 4) is 0 Å². The number of ether oxygens (including phenoxy) is 6. The van der Waals surface area contributed by atoms with Gasteiger partial charge in [-0.3, -0.25) is 44.3 Å². The summed E-state index contributed by atoms with van der Waals surface area (Å²) in [6, 6.07) is 15.7. The summed E-state index contributed by atoms with van der Waals surface area (Å²) in [6.07, 6.45) is -5.23. The Labute approximate surface area is 645 Å². The molecule has 32 nitrogen and oxygen atoms in total. The second-order valence-corrected chi connectivity index (χ2v) is 45.8. The van der Waals surface area contributed by atoms with E-state index in [-0.39, 0.29) is 64.1 Å². The van der Waals surface area contributed by atoms with Crippen LogP contribution in [0.1, 0.15) is 165 Å². The van der Waals surface area contributed by atoms with Gasteiger partial charge in [-0.25, -0.2) is 19.6 Å². The predicted octanol–water partition coefficient (Wildman–Crippen LogP) is 8.80. The highest BCUT2D eigenvalue weighted by atomic mass is 28.4. The molecule has 0 aromatic heterocycles. The molecular formula is C73H128FN5O27Si3. The van der Waals surface area contributed by atoms with Gasteiger partial charge in [0.2, 0.25) is 13.1 Å². The zero-order valence-corrected chi connectivity index (χ0v) is 71.7. The van der Waals surface area contributed by atoms with Crippen LogP contribution in [0.5, 0.6) is 0 Å². The Morgan fingerprint density at radius 2 is 0.982 bits per heavy atom. The monoisotopic (exact) mass is 1610 g/mol. The van der Waals surface area contributed by atoms with E-state index in [1.807, 2.05) is 0 Å². The van der Waals surface area contributed by atoms with Crippen LogP contribution in [0.4, 0.5) is 4.39 Å². The first-order valence-electron chi connectivity index (χ1n) is 35.9. The number of aliphatic imine (C=N–C) groups is 2. The number of methoxy groups -OCH3 is 2. The van der Waals surface area contributed by atoms with Crippen LogP contribution >= 0.6 is 0 Å². The van der Waals surface area contributed by atoms with E-state index in [2.05, 4.69) is 178 Å². The Morgan fingerprint density at radius 3 is 1.28 bits per heavy atom. The van der Waals surface area contributed by atoms with Gasteiger partial charge in [-0.05, 0) is 145 Å². The Bertz CT molecular complexity index is 3070. The van der Waals surface area contributed by atoms with Gasteiger partial charge in [0.1, 0.15) is 66.5 Å². The van der Waals surface area contributed by atoms with Crippen LogP contribution in [0.25, 0.3) is 0 Å². The third-order valence-electron chi connectivity index (χ3n) is 19.2. The first-order chi connectivity index (χ1) is 50.0. The van der Waals surface area contributed by atoms with Crippen LogP contribution in [0.2, 0.25) is 54.4 Å². The molecule has 2 unspecified atom stereocenters. The third kappa shape index (κ3) is 35.1. The molecule has 36 heteroatoms. The van der Waals surface area contributed by atoms with Crippen molar-refractivity contribution in [3.63, 3.8) is 0 Å². The maximum atomic E-state index is 11.2. The molecule has 0 spiro atoms. The number of halogens is 1. The molecule has 109 heavy (non-hydrogen) atoms. The summed E-state index contributed by atoms with van der Waals surface area (Å²) in [7, 11) is -2.42. The molecule has 0 bridgehead atoms. The van der Waals surface area contributed by atoms with Crippen molar-refractivity contribution >= 4 is 67.5 Å². The number of aliphatic hydroxyl groups excluding tert-OH is 7. The maximum Gasteiger partial charge on any atom is 0.334 e. The fourth-order valence-electron chi connectivity index (χ4n) is 9.69. The van der Waals surface area contributed by atoms with E-state index >= 15 is 0 Å². The van der Waals surface area contributed by atoms with E-state index in [0.717, 1.165) is 44.1 Å². The maximum absolute atomic E-state index is 11.2. The number of carbonyl (C=O) groups excluding carboxylic acids is 5. The number of carbonyl (C=O) groups is 5. The predicted molar refractivity (Wildman–Crippen MR) is 415 cm³/mol. The molecule has 2 fully saturated rings. The summed E-state index contributed by atoms with van der Waals surface area (Å²) >= 11 is 0. The number of aliphatic hydroxyl groups is 7. The molecule has 2 saturated heterocycles. The van der Waals surface area contributed by atoms with Crippen molar-refractivity contribution in [2.24, 2.45) is 15.4 Å². The van der Waals surface area contributed by atoms with Crippen LogP contribution in [-0.4, -0.2) is 251 Å². The van der Waals surface area contributed by atoms with Gasteiger partial charge in [0.05, 0.1) is 45.8 Å². The standard InChI is InChI=1S/C23H22N2O2.C10H23NO4Si.C10H22O3Si.C9H20O2Si.C6H11NO6.C4H9NO4.C4H8O3.C4H8O.C2H2O2.CH3F/c1-23(2,21-24-19-15-9-5-3-7-13(15)11-17(19)26-21)22-25-20-16-10-6-4-8-14(16)12-18(20)27-22;1-8(9(12)7-11(13)14)15-16(5,6)10(2,3)4;1-8(9(11)12-5)13-14(6,7)10(2,3)4;1-8(7-10)11-12(5,6)9(2,3)4;1-2-4(8)3(7(11)12)5(9)6(10)13-2;1-3(6)4(7)2-5(8)9;1-3(5)4(6)7-2;1-2-4-5-3-1;3-1-2-4;1-2/h3-10,17-20H,11-12H2,1-2H3;8-9,12H,7H2,1-6H3;8H,1-7H3;7-8H,1-6H3;2-6,8-10H,1H3;3-4,6-7H,2H2,1H3;3,5H,1-2H3;1-4H2;1-2H;1H3/t17-,18-,19?,20?;8-,9+;2*8-;2-,3+,4-,5-,6+;3-,4+;3-;;;/m0111111.../s1. The number of hydrogen-bond donors (Lipinski definition) is 7. The summed E-state index contributed by atoms with van der Waals surface area (Å²) in [6.45, 7) is 46.3. The van der Waals surface area contributed by atoms with Crippen molar-refractivity contribution in [2.45, 2.75) is 295 Å². The van der Waals surface area contributed by atoms with E-state index in [1.165, 1.54) is 70.1 Å². The van der Waals surface area contributed by atoms with E-state index in [1.54, 1.807) is 20.8 Å². The molecular weight excluding hydrogens is 1480 g/mol. The van der Waals surface area contributed by atoms with Gasteiger partial charge in [0.15, 0.2) is 61.7 Å². The van der Waals surface area contributed by atoms with Crippen LogP contribution in [-0.2, 0) is 78.5 Å². The number of hydrogen-bond acceptors (Lipinski definition) is 29. The summed E-state index contributed by atoms with van der Waals surface area (Å²) in [5.41, 5.74) is 4.86. The largest absolute Gasteiger partial charge is 0.474 e. The SMILES string of the molecule is C1CCOC1.CC(C)(C1=NC2c3ccccc3C[C@@H]2O1)C1=NC2c3ccccc3C[C@@H]2O1.CF.COC(=O)[C@@H](C)O.COC(=O)[C@@H](C)O[Si](C)(C)C(C)(C)C.C[C@@H](O)[C@@H](O)C[N+](=O)[O-].C[C@@H](O[Si](C)(C)C(C)(C)C)[C@@H](O)C[N+](=O)[O-].C[C@H](C=O)O[Si](C)(C)C(C)(C)C.C[C@H]1O[C@H](O)[C@H](O)[C@@H]([N+](=O)[O-])[C@@H]1O.O=CC=O. The number of alkyl halides is 1. The minimum Gasteiger partial charge on any atom is -0.474 e. The summed E-state index contributed by atoms with van der Waals surface area (Å²) in [5.74, 6) is 0.632. The van der Waals surface area contributed by atoms with Gasteiger partial charge in [0.25, 0.3) is 6.04 Å². The van der Waals surface area contributed by atoms with Gasteiger partial charge < -0.3 is 82.2 Å². The summed E-state index contributed by atoms with van der Waals surface area (Å²) < 4.78 is 57.9. The van der Waals surface area contributed by atoms with Gasteiger partial charge >= 0.3 is 11.9 Å². The number of esters is 2. The normalized spacial score (nSPS) is 22.6. The van der Waals surface area contributed by atoms with Crippen molar-refractivity contribution in [3.05, 3.63) is 101 Å². The number of rotatable bonds is 19. The second-order valence-electron chi connectivity index (χ2n) is 31.5. The number of fused-ring (bicyclic) bond motifs is 6. The second kappa shape index (κ2) is 47.9. The van der Waals surface area contributed by atoms with E-state index in [9.17, 15) is 59.3 Å². The van der Waals surface area contributed by atoms with Crippen LogP contribution in [0.3, 0.4) is 0 Å². The van der Waals surface area contributed by atoms with E-state index in [4.69, 9.17) is 72.6 Å². The quantitative estimate of drug-likeness (QED) is 0.0172. The van der Waals surface area contributed by atoms with Crippen molar-refractivity contribution in [2.75, 3.05) is 47.7 Å². The fraction of sp³-hybridized carbons (Fsp3) is 0.740. The number of nitro groups is 3.